The fourth-order valence-corrected chi connectivity index (χ4v) is 1.97. The van der Waals surface area contributed by atoms with Crippen molar-refractivity contribution in [2.24, 2.45) is 0 Å². The van der Waals surface area contributed by atoms with Gasteiger partial charge in [-0.25, -0.2) is 4.63 Å². The first-order chi connectivity index (χ1) is 9.79. The van der Waals surface area contributed by atoms with Crippen LogP contribution >= 0.6 is 0 Å². The maximum Gasteiger partial charge on any atom is 0.277 e. The maximum atomic E-state index is 12.0. The first-order valence-corrected chi connectivity index (χ1v) is 6.78. The number of nitrogens with two attached hydrogens (primary N) is 1. The number of anilines is 1. The Balaban J connectivity index is 2.09. The van der Waals surface area contributed by atoms with Gasteiger partial charge in [0.25, 0.3) is 5.91 Å². The molecule has 0 bridgehead atoms. The first-order valence-electron chi connectivity index (χ1n) is 6.78. The highest BCUT2D eigenvalue weighted by molar-refractivity contribution is 5.96. The lowest BCUT2D eigenvalue weighted by Crippen LogP contribution is -2.27. The van der Waals surface area contributed by atoms with Gasteiger partial charge in [0, 0.05) is 0 Å². The number of benzene rings is 1. The van der Waals surface area contributed by atoms with E-state index >= 15 is 0 Å². The number of carbonyl (C=O) groups is 1. The number of nitrogens with zero attached hydrogens (tertiary/aromatic N) is 2. The molecule has 1 heterocycles. The summed E-state index contributed by atoms with van der Waals surface area (Å²) in [6, 6.07) is 8.00. The minimum Gasteiger partial charge on any atom is -0.379 e. The highest BCUT2D eigenvalue weighted by Crippen LogP contribution is 2.24. The van der Waals surface area contributed by atoms with E-state index in [1.807, 2.05) is 19.1 Å². The molecular weight excluding hydrogens is 268 g/mol. The van der Waals surface area contributed by atoms with Gasteiger partial charge in [0.1, 0.15) is 0 Å². The Labute approximate surface area is 123 Å². The van der Waals surface area contributed by atoms with Crippen molar-refractivity contribution in [1.82, 2.24) is 15.6 Å². The van der Waals surface area contributed by atoms with E-state index in [9.17, 15) is 4.79 Å². The molecule has 0 radical (unpaired) electrons. The lowest BCUT2D eigenvalue weighted by molar-refractivity contribution is 0.0930. The monoisotopic (exact) mass is 288 g/mol. The van der Waals surface area contributed by atoms with E-state index in [0.29, 0.717) is 0 Å². The molecule has 2 aromatic rings. The summed E-state index contributed by atoms with van der Waals surface area (Å²) in [6.07, 6.45) is 0. The molecule has 6 nitrogen and oxygen atoms in total. The average molecular weight is 288 g/mol. The molecule has 0 saturated carbocycles. The van der Waals surface area contributed by atoms with Crippen molar-refractivity contribution in [3.63, 3.8) is 0 Å². The van der Waals surface area contributed by atoms with Crippen LogP contribution in [0.25, 0.3) is 0 Å². The second-order valence-electron chi connectivity index (χ2n) is 6.07. The van der Waals surface area contributed by atoms with E-state index in [1.54, 1.807) is 0 Å². The lowest BCUT2D eigenvalue weighted by Gasteiger charge is -2.20. The predicted molar refractivity (Wildman–Crippen MR) is 79.7 cm³/mol. The van der Waals surface area contributed by atoms with Gasteiger partial charge in [-0.05, 0) is 33.8 Å². The van der Waals surface area contributed by atoms with Crippen molar-refractivity contribution in [3.8, 4) is 0 Å². The van der Waals surface area contributed by atoms with Crippen LogP contribution in [-0.2, 0) is 5.41 Å². The van der Waals surface area contributed by atoms with Crippen LogP contribution in [0, 0.1) is 0 Å². The van der Waals surface area contributed by atoms with E-state index in [1.165, 1.54) is 5.56 Å². The van der Waals surface area contributed by atoms with Crippen LogP contribution < -0.4 is 11.1 Å². The Morgan fingerprint density at radius 3 is 2.33 bits per heavy atom. The predicted octanol–water partition coefficient (Wildman–Crippen LogP) is 2.44. The number of rotatable bonds is 3. The molecule has 21 heavy (non-hydrogen) atoms. The van der Waals surface area contributed by atoms with Crippen LogP contribution in [0.3, 0.4) is 0 Å². The fourth-order valence-electron chi connectivity index (χ4n) is 1.97. The van der Waals surface area contributed by atoms with Crippen LogP contribution in [0.1, 0.15) is 55.4 Å². The lowest BCUT2D eigenvalue weighted by atomic mass is 9.86. The summed E-state index contributed by atoms with van der Waals surface area (Å²) in [7, 11) is 0. The smallest absolute Gasteiger partial charge is 0.277 e. The van der Waals surface area contributed by atoms with Crippen LogP contribution in [0.2, 0.25) is 0 Å². The Kier molecular flexibility index (Phi) is 3.97. The number of amides is 1. The van der Waals surface area contributed by atoms with E-state index < -0.39 is 5.91 Å². The maximum absolute atomic E-state index is 12.0. The summed E-state index contributed by atoms with van der Waals surface area (Å²) in [5.74, 6) is -0.413. The molecular formula is C15H20N4O2. The minimum absolute atomic E-state index is 0.00756. The average Bonchev–Trinajstić information content (AvgIpc) is 2.84. The minimum atomic E-state index is -0.402. The molecule has 0 fully saturated rings. The number of nitrogens with one attached hydrogen (secondary N) is 1. The van der Waals surface area contributed by atoms with Gasteiger partial charge in [-0.2, -0.15) is 0 Å². The molecule has 1 aromatic heterocycles. The van der Waals surface area contributed by atoms with Crippen molar-refractivity contribution >= 4 is 11.7 Å². The Bertz CT molecular complexity index is 626. The molecule has 0 saturated heterocycles. The zero-order valence-corrected chi connectivity index (χ0v) is 12.7. The molecule has 6 heteroatoms. The molecule has 0 spiro atoms. The van der Waals surface area contributed by atoms with E-state index in [-0.39, 0.29) is 23.0 Å². The van der Waals surface area contributed by atoms with Crippen molar-refractivity contribution in [1.29, 1.82) is 0 Å². The molecule has 1 unspecified atom stereocenters. The third kappa shape index (κ3) is 3.39. The summed E-state index contributed by atoms with van der Waals surface area (Å²) in [6.45, 7) is 8.38. The van der Waals surface area contributed by atoms with Gasteiger partial charge in [-0.15, -0.1) is 0 Å². The van der Waals surface area contributed by atoms with Crippen molar-refractivity contribution in [2.45, 2.75) is 39.2 Å². The zero-order valence-electron chi connectivity index (χ0n) is 12.7. The Morgan fingerprint density at radius 1 is 1.24 bits per heavy atom. The van der Waals surface area contributed by atoms with E-state index in [2.05, 4.69) is 53.2 Å². The normalized spacial score (nSPS) is 13.0. The fraction of sp³-hybridized carbons (Fsp3) is 0.400. The largest absolute Gasteiger partial charge is 0.379 e. The third-order valence-electron chi connectivity index (χ3n) is 3.35. The quantitative estimate of drug-likeness (QED) is 0.904. The number of hydrogen-bond acceptors (Lipinski definition) is 5. The van der Waals surface area contributed by atoms with Gasteiger partial charge in [0.2, 0.25) is 11.5 Å². The zero-order chi connectivity index (χ0) is 15.6. The number of hydrogen-bond donors (Lipinski definition) is 2. The molecule has 0 aliphatic rings. The summed E-state index contributed by atoms with van der Waals surface area (Å²) in [5, 5.41) is 9.69. The highest BCUT2D eigenvalue weighted by atomic mass is 16.6. The summed E-state index contributed by atoms with van der Waals surface area (Å²) < 4.78 is 4.42. The second-order valence-corrected chi connectivity index (χ2v) is 6.07. The molecule has 0 aliphatic heterocycles. The van der Waals surface area contributed by atoms with Gasteiger partial charge >= 0.3 is 0 Å². The molecule has 3 N–H and O–H groups in total. The molecule has 1 aromatic carbocycles. The second kappa shape index (κ2) is 5.55. The van der Waals surface area contributed by atoms with Gasteiger partial charge < -0.3 is 11.1 Å². The SMILES string of the molecule is CC(NC(=O)c1nonc1N)c1ccc(C(C)(C)C)cc1. The Morgan fingerprint density at radius 2 is 1.86 bits per heavy atom. The summed E-state index contributed by atoms with van der Waals surface area (Å²) in [4.78, 5) is 12.0. The van der Waals surface area contributed by atoms with Gasteiger partial charge in [-0.3, -0.25) is 4.79 Å². The van der Waals surface area contributed by atoms with Crippen molar-refractivity contribution < 1.29 is 9.42 Å². The van der Waals surface area contributed by atoms with Crippen LogP contribution in [-0.4, -0.2) is 16.2 Å². The molecule has 1 atom stereocenters. The molecule has 2 rings (SSSR count). The summed E-state index contributed by atoms with van der Waals surface area (Å²) >= 11 is 0. The molecule has 1 amide bonds. The summed E-state index contributed by atoms with van der Waals surface area (Å²) in [5.41, 5.74) is 7.86. The van der Waals surface area contributed by atoms with Gasteiger partial charge in [-0.1, -0.05) is 45.0 Å². The topological polar surface area (TPSA) is 94.0 Å². The van der Waals surface area contributed by atoms with Crippen LogP contribution in [0.4, 0.5) is 5.82 Å². The van der Waals surface area contributed by atoms with Gasteiger partial charge in [0.15, 0.2) is 0 Å². The first kappa shape index (κ1) is 15.0. The van der Waals surface area contributed by atoms with Crippen molar-refractivity contribution in [2.75, 3.05) is 5.73 Å². The van der Waals surface area contributed by atoms with Crippen LogP contribution in [0.15, 0.2) is 28.9 Å². The Hall–Kier alpha value is -2.37. The molecule has 112 valence electrons. The third-order valence-corrected chi connectivity index (χ3v) is 3.35. The van der Waals surface area contributed by atoms with E-state index in [0.717, 1.165) is 5.56 Å². The highest BCUT2D eigenvalue weighted by Gasteiger charge is 2.19. The molecule has 0 aliphatic carbocycles. The number of carbonyl (C=O) groups excluding carboxylic acids is 1. The standard InChI is InChI=1S/C15H20N4O2/c1-9(17-14(20)12-13(16)19-21-18-12)10-5-7-11(8-6-10)15(2,3)4/h5-9H,1-4H3,(H2,16,19)(H,17,20). The number of nitrogen functional groups attached to an aromatic ring is 1. The number of aromatic nitrogens is 2. The van der Waals surface area contributed by atoms with Gasteiger partial charge in [0.05, 0.1) is 6.04 Å². The van der Waals surface area contributed by atoms with E-state index in [4.69, 9.17) is 5.73 Å². The van der Waals surface area contributed by atoms with Crippen LogP contribution in [0.5, 0.6) is 0 Å². The van der Waals surface area contributed by atoms with Crippen molar-refractivity contribution in [3.05, 3.63) is 41.1 Å².